The van der Waals surface area contributed by atoms with Crippen LogP contribution >= 0.6 is 11.8 Å². The summed E-state index contributed by atoms with van der Waals surface area (Å²) < 4.78 is 5.58. The normalized spacial score (nSPS) is 12.0. The van der Waals surface area contributed by atoms with E-state index < -0.39 is 0 Å². The van der Waals surface area contributed by atoms with Crippen LogP contribution in [0.2, 0.25) is 0 Å². The first-order valence-electron chi connectivity index (χ1n) is 4.68. The molecule has 4 heteroatoms. The Morgan fingerprint density at radius 1 is 1.50 bits per heavy atom. The Morgan fingerprint density at radius 3 is 2.71 bits per heavy atom. The van der Waals surface area contributed by atoms with Crippen LogP contribution in [0.5, 0.6) is 0 Å². The van der Waals surface area contributed by atoms with Crippen LogP contribution in [-0.2, 0) is 11.2 Å². The van der Waals surface area contributed by atoms with Crippen LogP contribution < -0.4 is 0 Å². The van der Waals surface area contributed by atoms with Crippen molar-refractivity contribution in [1.82, 2.24) is 4.98 Å². The summed E-state index contributed by atoms with van der Waals surface area (Å²) in [6, 6.07) is 0. The molecule has 1 heterocycles. The van der Waals surface area contributed by atoms with E-state index in [0.717, 1.165) is 23.2 Å². The fourth-order valence-electron chi connectivity index (χ4n) is 0.948. The highest BCUT2D eigenvalue weighted by Crippen LogP contribution is 2.23. The summed E-state index contributed by atoms with van der Waals surface area (Å²) in [4.78, 5) is 4.19. The molecule has 1 N–H and O–H groups in total. The van der Waals surface area contributed by atoms with Crippen molar-refractivity contribution in [2.45, 2.75) is 31.9 Å². The highest BCUT2D eigenvalue weighted by atomic mass is 32.2. The SMILES string of the molecule is CC(C)(C)c1cnc(CSCCO)o1. The Kier molecular flexibility index (Phi) is 4.01. The van der Waals surface area contributed by atoms with Gasteiger partial charge in [-0.25, -0.2) is 4.98 Å². The third-order valence-corrected chi connectivity index (χ3v) is 2.68. The van der Waals surface area contributed by atoms with Crippen molar-refractivity contribution in [3.63, 3.8) is 0 Å². The lowest BCUT2D eigenvalue weighted by Crippen LogP contribution is -2.09. The zero-order valence-electron chi connectivity index (χ0n) is 8.91. The quantitative estimate of drug-likeness (QED) is 0.782. The first kappa shape index (κ1) is 11.6. The number of rotatable bonds is 4. The molecule has 0 spiro atoms. The van der Waals surface area contributed by atoms with Crippen molar-refractivity contribution < 1.29 is 9.52 Å². The highest BCUT2D eigenvalue weighted by Gasteiger charge is 2.18. The molecule has 0 aliphatic heterocycles. The number of aliphatic hydroxyl groups excluding tert-OH is 1. The Hall–Kier alpha value is -0.480. The standard InChI is InChI=1S/C10H17NO2S/c1-10(2,3)8-6-11-9(13-8)7-14-5-4-12/h6,12H,4-5,7H2,1-3H3. The molecule has 0 saturated heterocycles. The molecule has 0 radical (unpaired) electrons. The fourth-order valence-corrected chi connectivity index (χ4v) is 1.53. The number of hydrogen-bond acceptors (Lipinski definition) is 4. The Morgan fingerprint density at radius 2 is 2.21 bits per heavy atom. The molecule has 0 unspecified atom stereocenters. The van der Waals surface area contributed by atoms with Crippen molar-refractivity contribution in [1.29, 1.82) is 0 Å². The van der Waals surface area contributed by atoms with E-state index in [0.29, 0.717) is 0 Å². The molecule has 14 heavy (non-hydrogen) atoms. The van der Waals surface area contributed by atoms with Gasteiger partial charge in [0, 0.05) is 11.2 Å². The van der Waals surface area contributed by atoms with Gasteiger partial charge < -0.3 is 9.52 Å². The number of thioether (sulfide) groups is 1. The van der Waals surface area contributed by atoms with Gasteiger partial charge in [-0.1, -0.05) is 20.8 Å². The maximum absolute atomic E-state index is 8.61. The van der Waals surface area contributed by atoms with Gasteiger partial charge in [-0.05, 0) is 0 Å². The summed E-state index contributed by atoms with van der Waals surface area (Å²) in [7, 11) is 0. The molecule has 0 saturated carbocycles. The third-order valence-electron chi connectivity index (χ3n) is 1.75. The van der Waals surface area contributed by atoms with Gasteiger partial charge in [-0.3, -0.25) is 0 Å². The molecular formula is C10H17NO2S. The number of nitrogens with zero attached hydrogens (tertiary/aromatic N) is 1. The van der Waals surface area contributed by atoms with E-state index in [1.165, 1.54) is 0 Å². The average molecular weight is 215 g/mol. The second-order valence-electron chi connectivity index (χ2n) is 4.14. The zero-order valence-corrected chi connectivity index (χ0v) is 9.73. The second-order valence-corrected chi connectivity index (χ2v) is 5.25. The first-order chi connectivity index (χ1) is 6.54. The molecule has 0 fully saturated rings. The van der Waals surface area contributed by atoms with Crippen molar-refractivity contribution in [3.8, 4) is 0 Å². The maximum Gasteiger partial charge on any atom is 0.204 e. The van der Waals surface area contributed by atoms with E-state index in [1.54, 1.807) is 18.0 Å². The first-order valence-corrected chi connectivity index (χ1v) is 5.83. The third kappa shape index (κ3) is 3.35. The summed E-state index contributed by atoms with van der Waals surface area (Å²) in [5, 5.41) is 8.61. The highest BCUT2D eigenvalue weighted by molar-refractivity contribution is 7.98. The van der Waals surface area contributed by atoms with Crippen LogP contribution in [0.1, 0.15) is 32.4 Å². The van der Waals surface area contributed by atoms with E-state index >= 15 is 0 Å². The van der Waals surface area contributed by atoms with Crippen LogP contribution in [0.3, 0.4) is 0 Å². The average Bonchev–Trinajstić information content (AvgIpc) is 2.52. The van der Waals surface area contributed by atoms with E-state index in [4.69, 9.17) is 9.52 Å². The monoisotopic (exact) mass is 215 g/mol. The minimum Gasteiger partial charge on any atom is -0.444 e. The Labute approximate surface area is 88.9 Å². The summed E-state index contributed by atoms with van der Waals surface area (Å²) in [6.07, 6.45) is 1.79. The number of oxazole rings is 1. The van der Waals surface area contributed by atoms with Crippen molar-refractivity contribution >= 4 is 11.8 Å². The summed E-state index contributed by atoms with van der Waals surface area (Å²) in [5.74, 6) is 3.12. The Bertz CT molecular complexity index is 278. The maximum atomic E-state index is 8.61. The second kappa shape index (κ2) is 4.84. The molecule has 1 aromatic rings. The summed E-state index contributed by atoms with van der Waals surface area (Å²) >= 11 is 1.62. The van der Waals surface area contributed by atoms with Crippen molar-refractivity contribution in [2.75, 3.05) is 12.4 Å². The number of hydrogen-bond donors (Lipinski definition) is 1. The van der Waals surface area contributed by atoms with E-state index in [-0.39, 0.29) is 12.0 Å². The predicted octanol–water partition coefficient (Wildman–Crippen LogP) is 2.20. The van der Waals surface area contributed by atoms with Gasteiger partial charge in [0.05, 0.1) is 18.6 Å². The van der Waals surface area contributed by atoms with Crippen molar-refractivity contribution in [2.24, 2.45) is 0 Å². The smallest absolute Gasteiger partial charge is 0.204 e. The van der Waals surface area contributed by atoms with Gasteiger partial charge in [0.1, 0.15) is 5.76 Å². The van der Waals surface area contributed by atoms with Crippen LogP contribution in [-0.4, -0.2) is 22.5 Å². The Balaban J connectivity index is 2.51. The lowest BCUT2D eigenvalue weighted by Gasteiger charge is -2.12. The van der Waals surface area contributed by atoms with E-state index in [9.17, 15) is 0 Å². The molecule has 0 aliphatic carbocycles. The summed E-state index contributed by atoms with van der Waals surface area (Å²) in [6.45, 7) is 6.49. The van der Waals surface area contributed by atoms with Gasteiger partial charge in [0.2, 0.25) is 5.89 Å². The van der Waals surface area contributed by atoms with Crippen LogP contribution in [0.25, 0.3) is 0 Å². The molecule has 1 rings (SSSR count). The predicted molar refractivity (Wildman–Crippen MR) is 58.5 cm³/mol. The van der Waals surface area contributed by atoms with Gasteiger partial charge in [-0.15, -0.1) is 11.8 Å². The number of aliphatic hydroxyl groups is 1. The van der Waals surface area contributed by atoms with Crippen LogP contribution in [0.4, 0.5) is 0 Å². The molecule has 0 bridgehead atoms. The molecule has 80 valence electrons. The number of aromatic nitrogens is 1. The summed E-state index contributed by atoms with van der Waals surface area (Å²) in [5.41, 5.74) is 0.0207. The largest absolute Gasteiger partial charge is 0.444 e. The van der Waals surface area contributed by atoms with Crippen LogP contribution in [0, 0.1) is 0 Å². The molecule has 0 amide bonds. The van der Waals surface area contributed by atoms with Gasteiger partial charge in [0.25, 0.3) is 0 Å². The lowest BCUT2D eigenvalue weighted by atomic mass is 9.94. The molecule has 0 aliphatic rings. The van der Waals surface area contributed by atoms with Gasteiger partial charge >= 0.3 is 0 Å². The topological polar surface area (TPSA) is 46.3 Å². The molecule has 0 aromatic carbocycles. The fraction of sp³-hybridized carbons (Fsp3) is 0.700. The molecule has 3 nitrogen and oxygen atoms in total. The minimum absolute atomic E-state index is 0.0207. The molecular weight excluding hydrogens is 198 g/mol. The minimum atomic E-state index is 0.0207. The zero-order chi connectivity index (χ0) is 10.6. The van der Waals surface area contributed by atoms with Gasteiger partial charge in [-0.2, -0.15) is 0 Å². The van der Waals surface area contributed by atoms with E-state index in [2.05, 4.69) is 25.8 Å². The molecule has 1 aromatic heterocycles. The lowest BCUT2D eigenvalue weighted by molar-refractivity contribution is 0.322. The molecule has 0 atom stereocenters. The van der Waals surface area contributed by atoms with Crippen molar-refractivity contribution in [3.05, 3.63) is 17.8 Å². The van der Waals surface area contributed by atoms with E-state index in [1.807, 2.05) is 0 Å². The van der Waals surface area contributed by atoms with Crippen LogP contribution in [0.15, 0.2) is 10.6 Å². The van der Waals surface area contributed by atoms with Gasteiger partial charge in [0.15, 0.2) is 0 Å².